The molecule has 0 fully saturated rings. The monoisotopic (exact) mass is 2090 g/mol. The Kier molecular flexibility index (Phi) is 34.5. The van der Waals surface area contributed by atoms with Gasteiger partial charge in [-0.2, -0.15) is 25.2 Å². The number of aryl methyl sites for hydroxylation is 5. The number of aromatic nitrogens is 10. The number of aromatic amines is 1. The Morgan fingerprint density at radius 1 is 0.322 bits per heavy atom. The molecule has 0 aliphatic rings. The number of methoxy groups -OCH3 is 3. The van der Waals surface area contributed by atoms with Gasteiger partial charge in [-0.25, -0.2) is 50.2 Å². The maximum absolute atomic E-state index is 12.9. The Morgan fingerprint density at radius 3 is 0.952 bits per heavy atom. The van der Waals surface area contributed by atoms with Crippen LogP contribution in [0.1, 0.15) is 88.8 Å². The normalized spacial score (nSPS) is 11.3. The average Bonchev–Trinajstić information content (AvgIpc) is 1.63. The van der Waals surface area contributed by atoms with E-state index in [-0.39, 0.29) is 71.2 Å². The molecule has 5 aromatic heterocycles. The maximum Gasteiger partial charge on any atom is 0.229 e. The number of rotatable bonds is 31. The van der Waals surface area contributed by atoms with Gasteiger partial charge in [0.05, 0.1) is 145 Å². The number of anilines is 16. The Morgan fingerprint density at radius 2 is 0.616 bits per heavy atom. The third-order valence-corrected chi connectivity index (χ3v) is 30.7. The number of nitrogens with zero attached hydrogens (tertiary/aromatic N) is 10. The average molecular weight is 2090 g/mol. The number of sulfone groups is 3. The zero-order valence-corrected chi connectivity index (χ0v) is 88.1. The molecule has 146 heavy (non-hydrogen) atoms. The highest BCUT2D eigenvalue weighted by Gasteiger charge is 2.29. The summed E-state index contributed by atoms with van der Waals surface area (Å²) in [5, 5.41) is 33.8. The van der Waals surface area contributed by atoms with E-state index < -0.39 is 45.3 Å². The largest absolute Gasteiger partial charge is 0.495 e. The topological polar surface area (TPSA) is 391 Å². The van der Waals surface area contributed by atoms with Gasteiger partial charge in [-0.15, -0.1) is 0 Å². The molecule has 0 aliphatic heterocycles. The number of hydrogen-bond donors (Lipinski definition) is 9. The lowest BCUT2D eigenvalue weighted by Crippen LogP contribution is -2.15. The van der Waals surface area contributed by atoms with Crippen molar-refractivity contribution >= 4 is 180 Å². The van der Waals surface area contributed by atoms with Crippen molar-refractivity contribution in [1.29, 1.82) is 5.26 Å². The predicted octanol–water partition coefficient (Wildman–Crippen LogP) is 27.8. The summed E-state index contributed by atoms with van der Waals surface area (Å²) in [6.45, 7) is 23.9. The summed E-state index contributed by atoms with van der Waals surface area (Å²) in [6.07, 6.45) is 5.78. The number of H-pyrrole nitrogens is 1. The summed E-state index contributed by atoms with van der Waals surface area (Å²) in [7, 11) is -5.75. The van der Waals surface area contributed by atoms with Crippen LogP contribution < -0.4 is 61.5 Å². The first-order chi connectivity index (χ1) is 69.9. The second kappa shape index (κ2) is 47.4. The van der Waals surface area contributed by atoms with E-state index in [9.17, 15) is 30.5 Å². The summed E-state index contributed by atoms with van der Waals surface area (Å²) >= 11 is 25.5. The van der Waals surface area contributed by atoms with Crippen LogP contribution in [-0.4, -0.2) is 118 Å². The lowest BCUT2D eigenvalue weighted by Gasteiger charge is -2.18. The van der Waals surface area contributed by atoms with Crippen molar-refractivity contribution < 1.29 is 44.2 Å². The van der Waals surface area contributed by atoms with E-state index in [4.69, 9.17) is 70.3 Å². The SMILES string of the molecule is COc1cc(-c2ccc(C)cc2)c(C)cc1Nc1ncc(Cl)c(Nc2ccccc2S(=O)(=O)C(C)C)n1.COc1cc(-c2ccccc2)c(C)cc1Nc1ncc(Cl)c(Nc2ccccc2C#N)n1.COc1cc(-c2ccccc2)c(C)cc1Nc1ncc(Cl)c(Nc2ccccc2S(=O)(=O)C(C)C)n1.Cc1cc(Nc2ncc(Cl)c(Nc3ccccc3S(=O)(=O)C(C)C)n2)c(OC(C)C)cc1-c1nc2ccccc2[nH]1. The standard InChI is InChI=1S/C30H31ClN6O3S.C28H29ClN4O3S.C27H27ClN4O3S.C25H20ClN5O/c1-17(2)40-26-15-20(28-33-22-10-6-7-11-23(22)34-28)19(5)14-25(26)36-30-32-16-21(31)29(37-30)35-24-12-8-9-13-27(24)41(38,39)18(3)4;1-17(2)37(34,35)26-9-7-6-8-23(26)31-27-22(29)16-30-28(33-27)32-24-14-19(4)21(15-25(24)36-5)20-12-10-18(3)11-13-20;1-17(2)36(33,34)25-13-9-8-12-22(25)30-26-21(28)16-29-27(32-26)31-23-14-18(3)20(15-24(23)35-4)19-10-6-5-7-11-19;1-16-12-22(23(32-2)13-19(16)17-8-4-3-5-9-17)30-25-28-15-20(26)24(31-25)29-21-11-7-6-10-18(21)14-27/h6-18H,1-5H3,(H,33,34)(H2,32,35,36,37);6-17H,1-5H3,(H2,30,31,32,33);5-17H,1-4H3,(H2,29,30,31,32);3-13,15H,1-2H3,(H2,28,29,30,31). The summed E-state index contributed by atoms with van der Waals surface area (Å²) < 4.78 is 100. The first kappa shape index (κ1) is 106. The number of fused-ring (bicyclic) bond motifs is 1. The smallest absolute Gasteiger partial charge is 0.229 e. The van der Waals surface area contributed by atoms with Crippen molar-refractivity contribution in [3.63, 3.8) is 0 Å². The minimum Gasteiger partial charge on any atom is -0.495 e. The number of hydrogen-bond acceptors (Lipinski definition) is 28. The van der Waals surface area contributed by atoms with Crippen LogP contribution in [-0.2, 0) is 29.5 Å². The fraction of sp³-hybridized carbons (Fsp3) is 0.182. The zero-order chi connectivity index (χ0) is 104. The van der Waals surface area contributed by atoms with Crippen LogP contribution in [0.4, 0.5) is 92.6 Å². The quantitative estimate of drug-likeness (QED) is 0.0195. The van der Waals surface area contributed by atoms with Gasteiger partial charge in [0.15, 0.2) is 52.8 Å². The van der Waals surface area contributed by atoms with Crippen LogP contribution in [0.2, 0.25) is 20.1 Å². The highest BCUT2D eigenvalue weighted by molar-refractivity contribution is 7.92. The number of imidazole rings is 1. The van der Waals surface area contributed by atoms with E-state index in [0.717, 1.165) is 83.7 Å². The highest BCUT2D eigenvalue weighted by Crippen LogP contribution is 2.44. The molecular weight excluding hydrogens is 1990 g/mol. The molecule has 0 atom stereocenters. The van der Waals surface area contributed by atoms with Gasteiger partial charge in [0, 0.05) is 5.56 Å². The molecule has 0 amide bonds. The number of nitrogens with one attached hydrogen (secondary N) is 9. The minimum atomic E-state index is -3.55. The van der Waals surface area contributed by atoms with Crippen LogP contribution in [0.3, 0.4) is 0 Å². The van der Waals surface area contributed by atoms with Gasteiger partial charge >= 0.3 is 0 Å². The molecule has 0 aliphatic carbocycles. The third kappa shape index (κ3) is 25.6. The molecule has 29 nitrogen and oxygen atoms in total. The second-order valence-corrected chi connectivity index (χ2v) is 43.7. The van der Waals surface area contributed by atoms with Crippen molar-refractivity contribution in [2.24, 2.45) is 0 Å². The molecule has 0 saturated heterocycles. The summed E-state index contributed by atoms with van der Waals surface area (Å²) in [5.41, 5.74) is 19.6. The van der Waals surface area contributed by atoms with Crippen LogP contribution in [0.25, 0.3) is 55.8 Å². The Labute approximate surface area is 869 Å². The van der Waals surface area contributed by atoms with E-state index >= 15 is 0 Å². The van der Waals surface area contributed by atoms with E-state index in [2.05, 4.69) is 137 Å². The Bertz CT molecular complexity index is 8000. The van der Waals surface area contributed by atoms with E-state index in [0.29, 0.717) is 85.2 Å². The van der Waals surface area contributed by atoms with Gasteiger partial charge in [0.25, 0.3) is 0 Å². The molecule has 9 N–H and O–H groups in total. The van der Waals surface area contributed by atoms with Gasteiger partial charge < -0.3 is 66.5 Å². The van der Waals surface area contributed by atoms with Crippen molar-refractivity contribution in [2.75, 3.05) is 63.9 Å². The lowest BCUT2D eigenvalue weighted by atomic mass is 9.98. The molecule has 17 rings (SSSR count). The number of ether oxygens (including phenoxy) is 4. The summed E-state index contributed by atoms with van der Waals surface area (Å²) in [6, 6.07) is 81.5. The van der Waals surface area contributed by atoms with Gasteiger partial charge in [0.2, 0.25) is 23.8 Å². The summed E-state index contributed by atoms with van der Waals surface area (Å²) in [4.78, 5) is 44.0. The van der Waals surface area contributed by atoms with Crippen molar-refractivity contribution in [2.45, 2.75) is 127 Å². The zero-order valence-electron chi connectivity index (χ0n) is 82.7. The number of benzene rings is 12. The van der Waals surface area contributed by atoms with Crippen molar-refractivity contribution in [3.05, 3.63) is 333 Å². The predicted molar refractivity (Wildman–Crippen MR) is 588 cm³/mol. The van der Waals surface area contributed by atoms with Crippen molar-refractivity contribution in [3.8, 4) is 73.8 Å². The molecule has 0 spiro atoms. The van der Waals surface area contributed by atoms with E-state index in [1.165, 1.54) is 30.4 Å². The van der Waals surface area contributed by atoms with Crippen LogP contribution in [0.5, 0.6) is 23.0 Å². The molecule has 0 radical (unpaired) electrons. The van der Waals surface area contributed by atoms with Crippen LogP contribution in [0.15, 0.2) is 294 Å². The molecule has 12 aromatic carbocycles. The molecular formula is C110H107Cl4N19O10S3. The molecule has 748 valence electrons. The van der Waals surface area contributed by atoms with Gasteiger partial charge in [-0.1, -0.05) is 198 Å². The van der Waals surface area contributed by atoms with Gasteiger partial charge in [-0.3, -0.25) is 0 Å². The fourth-order valence-corrected chi connectivity index (χ4v) is 19.4. The maximum atomic E-state index is 12.9. The van der Waals surface area contributed by atoms with E-state index in [1.54, 1.807) is 154 Å². The molecule has 0 bridgehead atoms. The van der Waals surface area contributed by atoms with Crippen molar-refractivity contribution in [1.82, 2.24) is 49.8 Å². The van der Waals surface area contributed by atoms with Gasteiger partial charge in [0.1, 0.15) is 55.0 Å². The van der Waals surface area contributed by atoms with E-state index in [1.807, 2.05) is 169 Å². The second-order valence-electron chi connectivity index (χ2n) is 34.6. The number of para-hydroxylation sites is 6. The lowest BCUT2D eigenvalue weighted by molar-refractivity contribution is 0.244. The Hall–Kier alpha value is -15.5. The first-order valence-electron chi connectivity index (χ1n) is 46.2. The highest BCUT2D eigenvalue weighted by atomic mass is 35.5. The molecule has 17 aromatic rings. The summed E-state index contributed by atoms with van der Waals surface area (Å²) in [5.74, 6) is 5.61. The van der Waals surface area contributed by atoms with Gasteiger partial charge in [-0.05, 0) is 255 Å². The number of halogens is 4. The minimum absolute atomic E-state index is 0.0930. The molecule has 5 heterocycles. The van der Waals surface area contributed by atoms with Crippen LogP contribution >= 0.6 is 46.4 Å². The molecule has 36 heteroatoms. The number of nitriles is 1. The first-order valence-corrected chi connectivity index (χ1v) is 52.3. The third-order valence-electron chi connectivity index (χ3n) is 23.0. The van der Waals surface area contributed by atoms with Crippen LogP contribution in [0, 0.1) is 45.9 Å². The molecule has 0 unspecified atom stereocenters. The fourth-order valence-electron chi connectivity index (χ4n) is 15.2. The molecule has 0 saturated carbocycles. The Balaban J connectivity index is 0.000000154.